The van der Waals surface area contributed by atoms with Crippen molar-refractivity contribution < 1.29 is 9.21 Å². The molecule has 2 aromatic carbocycles. The minimum absolute atomic E-state index is 0.191. The number of rotatable bonds is 5. The van der Waals surface area contributed by atoms with Gasteiger partial charge in [0.05, 0.1) is 11.5 Å². The molecule has 0 saturated heterocycles. The molecule has 0 bridgehead atoms. The lowest BCUT2D eigenvalue weighted by atomic mass is 9.97. The number of para-hydroxylation sites is 2. The van der Waals surface area contributed by atoms with E-state index in [0.717, 1.165) is 22.4 Å². The van der Waals surface area contributed by atoms with Crippen LogP contribution in [-0.4, -0.2) is 38.0 Å². The Morgan fingerprint density at radius 2 is 1.82 bits per heavy atom. The fourth-order valence-corrected chi connectivity index (χ4v) is 4.64. The molecule has 0 radical (unpaired) electrons. The fraction of sp³-hybridized carbons (Fsp3) is 0.0800. The molecule has 1 amide bonds. The van der Waals surface area contributed by atoms with Gasteiger partial charge in [-0.25, -0.2) is 4.99 Å². The van der Waals surface area contributed by atoms with Crippen molar-refractivity contribution >= 4 is 40.2 Å². The molecule has 0 spiro atoms. The van der Waals surface area contributed by atoms with Gasteiger partial charge in [0, 0.05) is 11.1 Å². The second-order valence-corrected chi connectivity index (χ2v) is 8.48. The SMILES string of the molecule is O=C1N=C(CSc2nnc(-c3cc4ccccc4o3)n2-c2ccccc2)N=C2C=CC=CC12. The summed E-state index contributed by atoms with van der Waals surface area (Å²) in [6, 6.07) is 19.7. The van der Waals surface area contributed by atoms with E-state index in [-0.39, 0.29) is 11.8 Å². The monoisotopic (exact) mass is 451 g/mol. The van der Waals surface area contributed by atoms with E-state index in [9.17, 15) is 4.79 Å². The van der Waals surface area contributed by atoms with E-state index in [1.165, 1.54) is 11.8 Å². The molecule has 2 aliphatic rings. The molecule has 160 valence electrons. The summed E-state index contributed by atoms with van der Waals surface area (Å²) in [7, 11) is 0. The Bertz CT molecular complexity index is 1460. The quantitative estimate of drug-likeness (QED) is 0.403. The molecule has 33 heavy (non-hydrogen) atoms. The van der Waals surface area contributed by atoms with Crippen LogP contribution in [0.3, 0.4) is 0 Å². The van der Waals surface area contributed by atoms with Crippen LogP contribution >= 0.6 is 11.8 Å². The predicted octanol–water partition coefficient (Wildman–Crippen LogP) is 4.89. The molecule has 3 heterocycles. The average molecular weight is 452 g/mol. The Morgan fingerprint density at radius 1 is 0.970 bits per heavy atom. The number of carbonyl (C=O) groups is 1. The third-order valence-corrected chi connectivity index (χ3v) is 6.31. The lowest BCUT2D eigenvalue weighted by Crippen LogP contribution is -2.27. The molecule has 1 unspecified atom stereocenters. The van der Waals surface area contributed by atoms with Crippen LogP contribution in [0.15, 0.2) is 105 Å². The molecule has 1 atom stereocenters. The van der Waals surface area contributed by atoms with Crippen molar-refractivity contribution in [2.24, 2.45) is 15.9 Å². The van der Waals surface area contributed by atoms with E-state index in [4.69, 9.17) is 4.42 Å². The van der Waals surface area contributed by atoms with E-state index in [1.54, 1.807) is 0 Å². The van der Waals surface area contributed by atoms with Gasteiger partial charge in [0.1, 0.15) is 17.3 Å². The number of amides is 1. The first-order chi connectivity index (χ1) is 16.3. The van der Waals surface area contributed by atoms with Gasteiger partial charge in [-0.15, -0.1) is 10.2 Å². The second kappa shape index (κ2) is 8.14. The van der Waals surface area contributed by atoms with Crippen molar-refractivity contribution in [2.45, 2.75) is 5.16 Å². The van der Waals surface area contributed by atoms with E-state index < -0.39 is 0 Å². The van der Waals surface area contributed by atoms with Gasteiger partial charge < -0.3 is 4.42 Å². The Kier molecular flexibility index (Phi) is 4.84. The van der Waals surface area contributed by atoms with Gasteiger partial charge in [-0.3, -0.25) is 9.36 Å². The standard InChI is InChI=1S/C25H17N5O2S/c31-24-18-11-5-6-12-19(18)26-22(27-24)15-33-25-29-28-23(30(25)17-9-2-1-3-10-17)21-14-16-8-4-7-13-20(16)32-21/h1-14,18H,15H2. The highest BCUT2D eigenvalue weighted by Gasteiger charge is 2.27. The van der Waals surface area contributed by atoms with Gasteiger partial charge in [0.25, 0.3) is 5.91 Å². The smallest absolute Gasteiger partial charge is 0.260 e. The van der Waals surface area contributed by atoms with Gasteiger partial charge in [-0.1, -0.05) is 66.4 Å². The summed E-state index contributed by atoms with van der Waals surface area (Å²) >= 11 is 1.43. The van der Waals surface area contributed by atoms with Crippen LogP contribution in [0, 0.1) is 5.92 Å². The molecule has 0 saturated carbocycles. The summed E-state index contributed by atoms with van der Waals surface area (Å²) in [5.41, 5.74) is 2.42. The Balaban J connectivity index is 1.35. The van der Waals surface area contributed by atoms with Gasteiger partial charge in [-0.2, -0.15) is 4.99 Å². The minimum Gasteiger partial charge on any atom is -0.453 e. The van der Waals surface area contributed by atoms with E-state index in [0.29, 0.717) is 28.3 Å². The van der Waals surface area contributed by atoms with Crippen molar-refractivity contribution in [1.29, 1.82) is 0 Å². The van der Waals surface area contributed by atoms with Crippen molar-refractivity contribution in [3.05, 3.63) is 85.0 Å². The zero-order valence-electron chi connectivity index (χ0n) is 17.3. The molecule has 1 aliphatic heterocycles. The van der Waals surface area contributed by atoms with Crippen LogP contribution in [0.25, 0.3) is 28.2 Å². The highest BCUT2D eigenvalue weighted by atomic mass is 32.2. The molecule has 0 fully saturated rings. The summed E-state index contributed by atoms with van der Waals surface area (Å²) in [4.78, 5) is 21.2. The maximum atomic E-state index is 12.4. The number of fused-ring (bicyclic) bond motifs is 2. The minimum atomic E-state index is -0.378. The fourth-order valence-electron chi connectivity index (χ4n) is 3.84. The summed E-state index contributed by atoms with van der Waals surface area (Å²) in [6.07, 6.45) is 7.40. The number of thioether (sulfide) groups is 1. The van der Waals surface area contributed by atoms with Crippen LogP contribution in [-0.2, 0) is 4.79 Å². The maximum Gasteiger partial charge on any atom is 0.260 e. The summed E-state index contributed by atoms with van der Waals surface area (Å²) < 4.78 is 8.01. The lowest BCUT2D eigenvalue weighted by Gasteiger charge is -2.17. The number of benzene rings is 2. The number of furan rings is 1. The summed E-state index contributed by atoms with van der Waals surface area (Å²) in [5.74, 6) is 1.54. The maximum absolute atomic E-state index is 12.4. The number of aromatic nitrogens is 3. The Hall–Kier alpha value is -4.04. The number of amidine groups is 1. The largest absolute Gasteiger partial charge is 0.453 e. The van der Waals surface area contributed by atoms with E-state index in [2.05, 4.69) is 20.2 Å². The van der Waals surface area contributed by atoms with Gasteiger partial charge in [-0.05, 0) is 30.3 Å². The molecule has 4 aromatic rings. The number of nitrogens with zero attached hydrogens (tertiary/aromatic N) is 5. The highest BCUT2D eigenvalue weighted by molar-refractivity contribution is 7.99. The third kappa shape index (κ3) is 3.64. The average Bonchev–Trinajstić information content (AvgIpc) is 3.47. The van der Waals surface area contributed by atoms with E-state index in [1.807, 2.05) is 89.5 Å². The van der Waals surface area contributed by atoms with Crippen molar-refractivity contribution in [3.63, 3.8) is 0 Å². The highest BCUT2D eigenvalue weighted by Crippen LogP contribution is 2.32. The van der Waals surface area contributed by atoms with Crippen molar-refractivity contribution in [1.82, 2.24) is 14.8 Å². The van der Waals surface area contributed by atoms with Gasteiger partial charge in [0.2, 0.25) is 5.82 Å². The Labute approximate surface area is 193 Å². The van der Waals surface area contributed by atoms with Crippen LogP contribution < -0.4 is 0 Å². The lowest BCUT2D eigenvalue weighted by molar-refractivity contribution is -0.118. The number of carbonyl (C=O) groups excluding carboxylic acids is 1. The zero-order valence-corrected chi connectivity index (χ0v) is 18.1. The topological polar surface area (TPSA) is 85.6 Å². The van der Waals surface area contributed by atoms with Crippen LogP contribution in [0.5, 0.6) is 0 Å². The summed E-state index contributed by atoms with van der Waals surface area (Å²) in [5, 5.41) is 10.5. The number of allylic oxidation sites excluding steroid dienone is 3. The molecule has 8 heteroatoms. The summed E-state index contributed by atoms with van der Waals surface area (Å²) in [6.45, 7) is 0. The molecule has 0 N–H and O–H groups in total. The van der Waals surface area contributed by atoms with Crippen LogP contribution in [0.4, 0.5) is 0 Å². The van der Waals surface area contributed by atoms with Gasteiger partial charge in [0.15, 0.2) is 10.9 Å². The molecule has 1 aliphatic carbocycles. The van der Waals surface area contributed by atoms with Crippen LogP contribution in [0.2, 0.25) is 0 Å². The van der Waals surface area contributed by atoms with Gasteiger partial charge >= 0.3 is 0 Å². The van der Waals surface area contributed by atoms with Crippen LogP contribution in [0.1, 0.15) is 0 Å². The first kappa shape index (κ1) is 19.6. The molecular formula is C25H17N5O2S. The molecule has 2 aromatic heterocycles. The number of hydrogen-bond donors (Lipinski definition) is 0. The first-order valence-electron chi connectivity index (χ1n) is 10.4. The van der Waals surface area contributed by atoms with E-state index >= 15 is 0 Å². The molecule has 6 rings (SSSR count). The first-order valence-corrected chi connectivity index (χ1v) is 11.4. The van der Waals surface area contributed by atoms with Crippen molar-refractivity contribution in [3.8, 4) is 17.3 Å². The molecular weight excluding hydrogens is 434 g/mol. The predicted molar refractivity (Wildman–Crippen MR) is 129 cm³/mol. The number of hydrogen-bond acceptors (Lipinski definition) is 6. The molecule has 7 nitrogen and oxygen atoms in total. The Morgan fingerprint density at radius 3 is 2.70 bits per heavy atom. The third-order valence-electron chi connectivity index (χ3n) is 5.39. The second-order valence-electron chi connectivity index (χ2n) is 7.54. The van der Waals surface area contributed by atoms with Crippen molar-refractivity contribution in [2.75, 3.05) is 5.75 Å². The number of aliphatic imine (C=N–C) groups is 2. The normalized spacial score (nSPS) is 17.2. The zero-order chi connectivity index (χ0) is 22.2.